The van der Waals surface area contributed by atoms with Crippen molar-refractivity contribution in [3.63, 3.8) is 0 Å². The van der Waals surface area contributed by atoms with Gasteiger partial charge in [-0.15, -0.1) is 0 Å². The van der Waals surface area contributed by atoms with E-state index in [4.69, 9.17) is 14.9 Å². The summed E-state index contributed by atoms with van der Waals surface area (Å²) in [4.78, 5) is 36.7. The number of ether oxygens (including phenoxy) is 1. The molecule has 1 aliphatic rings. The predicted octanol–water partition coefficient (Wildman–Crippen LogP) is 2.29. The van der Waals surface area contributed by atoms with Gasteiger partial charge in [0, 0.05) is 18.5 Å². The van der Waals surface area contributed by atoms with Crippen molar-refractivity contribution in [1.82, 2.24) is 15.1 Å². The molecule has 1 heterocycles. The fourth-order valence-electron chi connectivity index (χ4n) is 3.94. The number of carbonyl (C=O) groups excluding carboxylic acids is 2. The molecule has 4 rings (SSSR count). The first-order valence-electron chi connectivity index (χ1n) is 10.3. The Labute approximate surface area is 188 Å². The number of fused-ring (bicyclic) bond motifs is 3. The van der Waals surface area contributed by atoms with Gasteiger partial charge in [0.05, 0.1) is 6.61 Å². The minimum atomic E-state index is -1.21. The van der Waals surface area contributed by atoms with Crippen molar-refractivity contribution in [2.75, 3.05) is 31.6 Å². The molecular formula is C23H22N4O6. The Morgan fingerprint density at radius 3 is 2.30 bits per heavy atom. The summed E-state index contributed by atoms with van der Waals surface area (Å²) < 4.78 is 5.44. The van der Waals surface area contributed by atoms with Crippen LogP contribution in [0.2, 0.25) is 0 Å². The molecule has 0 unspecified atom stereocenters. The largest absolute Gasteiger partial charge is 0.480 e. The zero-order valence-electron chi connectivity index (χ0n) is 17.5. The van der Waals surface area contributed by atoms with Gasteiger partial charge in [-0.3, -0.25) is 20.0 Å². The summed E-state index contributed by atoms with van der Waals surface area (Å²) in [5.74, 6) is -1.93. The highest BCUT2D eigenvalue weighted by molar-refractivity contribution is 5.95. The van der Waals surface area contributed by atoms with Crippen LogP contribution in [-0.2, 0) is 9.53 Å². The van der Waals surface area contributed by atoms with Crippen LogP contribution in [0.25, 0.3) is 11.1 Å². The number of carbonyl (C=O) groups is 3. The van der Waals surface area contributed by atoms with Gasteiger partial charge in [-0.2, -0.15) is 5.10 Å². The number of hydrogen-bond acceptors (Lipinski definition) is 6. The molecule has 170 valence electrons. The van der Waals surface area contributed by atoms with E-state index in [-0.39, 0.29) is 30.6 Å². The number of carboxylic acid groups (broad SMARTS) is 1. The third-order valence-electron chi connectivity index (χ3n) is 5.37. The highest BCUT2D eigenvalue weighted by atomic mass is 16.5. The molecule has 1 aliphatic carbocycles. The number of rotatable bonds is 8. The van der Waals surface area contributed by atoms with Crippen LogP contribution in [0.4, 0.5) is 10.6 Å². The monoisotopic (exact) mass is 450 g/mol. The number of H-pyrrole nitrogens is 1. The molecule has 2 aromatic carbocycles. The lowest BCUT2D eigenvalue weighted by atomic mass is 9.98. The fraction of sp³-hybridized carbons (Fsp3) is 0.217. The Balaban J connectivity index is 1.39. The Kier molecular flexibility index (Phi) is 6.36. The van der Waals surface area contributed by atoms with E-state index in [1.54, 1.807) is 0 Å². The molecule has 0 bridgehead atoms. The Hall–Kier alpha value is -4.18. The molecule has 0 atom stereocenters. The van der Waals surface area contributed by atoms with Crippen molar-refractivity contribution in [2.45, 2.75) is 5.92 Å². The standard InChI is InChI=1S/C23H22N4O6/c28-10-9-27(12-21(29)30)22(31)19-11-20(26-25-19)24-23(32)33-13-18-16-7-3-1-5-14(16)15-6-2-4-8-17(15)18/h1-8,11,18,28H,9-10,12-13H2,(H,29,30)(H2,24,25,26,32). The molecule has 2 amide bonds. The highest BCUT2D eigenvalue weighted by Gasteiger charge is 2.29. The van der Waals surface area contributed by atoms with Crippen LogP contribution in [0.5, 0.6) is 0 Å². The minimum Gasteiger partial charge on any atom is -0.480 e. The van der Waals surface area contributed by atoms with Crippen molar-refractivity contribution in [3.8, 4) is 11.1 Å². The number of nitrogens with one attached hydrogen (secondary N) is 2. The number of benzene rings is 2. The lowest BCUT2D eigenvalue weighted by Gasteiger charge is -2.18. The average Bonchev–Trinajstić information content (AvgIpc) is 3.39. The van der Waals surface area contributed by atoms with Crippen molar-refractivity contribution in [1.29, 1.82) is 0 Å². The smallest absolute Gasteiger partial charge is 0.412 e. The number of aliphatic carboxylic acids is 1. The first-order chi connectivity index (χ1) is 16.0. The van der Waals surface area contributed by atoms with Crippen LogP contribution in [0.15, 0.2) is 54.6 Å². The van der Waals surface area contributed by atoms with Gasteiger partial charge in [-0.1, -0.05) is 48.5 Å². The van der Waals surface area contributed by atoms with Gasteiger partial charge >= 0.3 is 12.1 Å². The van der Waals surface area contributed by atoms with Gasteiger partial charge in [-0.25, -0.2) is 4.79 Å². The molecular weight excluding hydrogens is 428 g/mol. The molecule has 10 heteroatoms. The lowest BCUT2D eigenvalue weighted by Crippen LogP contribution is -2.37. The van der Waals surface area contributed by atoms with Crippen molar-refractivity contribution >= 4 is 23.8 Å². The molecule has 0 aliphatic heterocycles. The van der Waals surface area contributed by atoms with Crippen LogP contribution in [0, 0.1) is 0 Å². The van der Waals surface area contributed by atoms with Crippen LogP contribution >= 0.6 is 0 Å². The summed E-state index contributed by atoms with van der Waals surface area (Å²) in [6.45, 7) is -0.996. The van der Waals surface area contributed by atoms with E-state index in [2.05, 4.69) is 15.5 Å². The number of nitrogens with zero attached hydrogens (tertiary/aromatic N) is 2. The van der Waals surface area contributed by atoms with Gasteiger partial charge in [0.2, 0.25) is 0 Å². The molecule has 3 aromatic rings. The number of aromatic amines is 1. The fourth-order valence-corrected chi connectivity index (χ4v) is 3.94. The zero-order chi connectivity index (χ0) is 23.4. The van der Waals surface area contributed by atoms with Gasteiger partial charge in [-0.05, 0) is 22.3 Å². The molecule has 0 saturated carbocycles. The van der Waals surface area contributed by atoms with E-state index in [1.165, 1.54) is 6.07 Å². The van der Waals surface area contributed by atoms with Crippen LogP contribution in [0.1, 0.15) is 27.5 Å². The predicted molar refractivity (Wildman–Crippen MR) is 118 cm³/mol. The molecule has 0 spiro atoms. The molecule has 4 N–H and O–H groups in total. The van der Waals surface area contributed by atoms with Gasteiger partial charge in [0.15, 0.2) is 5.82 Å². The molecule has 0 fully saturated rings. The number of amides is 2. The van der Waals surface area contributed by atoms with Crippen molar-refractivity contribution in [2.24, 2.45) is 0 Å². The molecule has 33 heavy (non-hydrogen) atoms. The summed E-state index contributed by atoms with van der Waals surface area (Å²) >= 11 is 0. The molecule has 10 nitrogen and oxygen atoms in total. The van der Waals surface area contributed by atoms with Gasteiger partial charge in [0.1, 0.15) is 18.8 Å². The van der Waals surface area contributed by atoms with Crippen LogP contribution in [-0.4, -0.2) is 69.6 Å². The zero-order valence-corrected chi connectivity index (χ0v) is 17.5. The summed E-state index contributed by atoms with van der Waals surface area (Å²) in [5, 5.41) is 26.8. The number of aliphatic hydroxyl groups is 1. The van der Waals surface area contributed by atoms with Crippen molar-refractivity contribution < 1.29 is 29.3 Å². The van der Waals surface area contributed by atoms with Crippen LogP contribution in [0.3, 0.4) is 0 Å². The lowest BCUT2D eigenvalue weighted by molar-refractivity contribution is -0.137. The maximum absolute atomic E-state index is 12.4. The Morgan fingerprint density at radius 1 is 1.06 bits per heavy atom. The first-order valence-corrected chi connectivity index (χ1v) is 10.3. The summed E-state index contributed by atoms with van der Waals surface area (Å²) in [7, 11) is 0. The second-order valence-electron chi connectivity index (χ2n) is 7.46. The van der Waals surface area contributed by atoms with Gasteiger partial charge in [0.25, 0.3) is 5.91 Å². The highest BCUT2D eigenvalue weighted by Crippen LogP contribution is 2.44. The Bertz CT molecular complexity index is 1150. The summed E-state index contributed by atoms with van der Waals surface area (Å²) in [6, 6.07) is 17.2. The van der Waals surface area contributed by atoms with E-state index < -0.39 is 31.1 Å². The third-order valence-corrected chi connectivity index (χ3v) is 5.37. The number of anilines is 1. The quantitative estimate of drug-likeness (QED) is 0.412. The third kappa shape index (κ3) is 4.70. The van der Waals surface area contributed by atoms with E-state index in [0.29, 0.717) is 0 Å². The minimum absolute atomic E-state index is 0.0290. The summed E-state index contributed by atoms with van der Waals surface area (Å²) in [6.07, 6.45) is -0.736. The van der Waals surface area contributed by atoms with Crippen LogP contribution < -0.4 is 5.32 Å². The number of hydrogen-bond donors (Lipinski definition) is 4. The van der Waals surface area contributed by atoms with Crippen molar-refractivity contribution in [3.05, 3.63) is 71.4 Å². The second-order valence-corrected chi connectivity index (χ2v) is 7.46. The molecule has 0 radical (unpaired) electrons. The average molecular weight is 450 g/mol. The first kappa shape index (κ1) is 22.0. The topological polar surface area (TPSA) is 145 Å². The number of aromatic nitrogens is 2. The number of aliphatic hydroxyl groups excluding tert-OH is 1. The molecule has 0 saturated heterocycles. The van der Waals surface area contributed by atoms with E-state index >= 15 is 0 Å². The Morgan fingerprint density at radius 2 is 1.70 bits per heavy atom. The van der Waals surface area contributed by atoms with E-state index in [0.717, 1.165) is 27.2 Å². The normalized spacial score (nSPS) is 12.0. The maximum atomic E-state index is 12.4. The second kappa shape index (κ2) is 9.53. The summed E-state index contributed by atoms with van der Waals surface area (Å²) in [5.41, 5.74) is 4.37. The van der Waals surface area contributed by atoms with E-state index in [1.807, 2.05) is 48.5 Å². The van der Waals surface area contributed by atoms with Gasteiger partial charge < -0.3 is 19.8 Å². The van der Waals surface area contributed by atoms with E-state index in [9.17, 15) is 14.4 Å². The maximum Gasteiger partial charge on any atom is 0.412 e. The number of carboxylic acids is 1. The molecule has 1 aromatic heterocycles. The SMILES string of the molecule is O=C(O)CN(CCO)C(=O)c1cc(NC(=O)OCC2c3ccccc3-c3ccccc32)n[nH]1.